The number of benzene rings is 1. The van der Waals surface area contributed by atoms with Gasteiger partial charge in [-0.25, -0.2) is 4.79 Å². The van der Waals surface area contributed by atoms with Gasteiger partial charge in [0, 0.05) is 11.3 Å². The van der Waals surface area contributed by atoms with Gasteiger partial charge < -0.3 is 16.3 Å². The van der Waals surface area contributed by atoms with Gasteiger partial charge in [-0.3, -0.25) is 14.8 Å². The molecule has 0 spiro atoms. The van der Waals surface area contributed by atoms with Gasteiger partial charge in [0.2, 0.25) is 0 Å². The Hall–Kier alpha value is -3.43. The van der Waals surface area contributed by atoms with Crippen LogP contribution in [0.3, 0.4) is 0 Å². The van der Waals surface area contributed by atoms with E-state index in [1.165, 1.54) is 17.8 Å². The maximum atomic E-state index is 11.7. The first-order valence-electron chi connectivity index (χ1n) is 7.36. The molecule has 0 atom stereocenters. The van der Waals surface area contributed by atoms with Crippen molar-refractivity contribution in [2.45, 2.75) is 26.8 Å². The summed E-state index contributed by atoms with van der Waals surface area (Å²) in [7, 11) is 0. The molecular weight excluding hydrogens is 328 g/mol. The van der Waals surface area contributed by atoms with Crippen molar-refractivity contribution < 1.29 is 14.6 Å². The van der Waals surface area contributed by atoms with Crippen LogP contribution in [0.15, 0.2) is 29.6 Å². The number of aryl methyl sites for hydroxylation is 2. The molecule has 1 heterocycles. The Morgan fingerprint density at radius 1 is 1.44 bits per heavy atom. The maximum Gasteiger partial charge on any atom is 0.336 e. The number of nitrogens with zero attached hydrogens (tertiary/aromatic N) is 4. The third-order valence-corrected chi connectivity index (χ3v) is 3.56. The van der Waals surface area contributed by atoms with Crippen molar-refractivity contribution >= 4 is 23.2 Å². The summed E-state index contributed by atoms with van der Waals surface area (Å²) >= 11 is 0. The van der Waals surface area contributed by atoms with Gasteiger partial charge in [0.1, 0.15) is 11.9 Å². The zero-order chi connectivity index (χ0) is 18.6. The van der Waals surface area contributed by atoms with Crippen LogP contribution in [0.4, 0.5) is 11.4 Å². The largest absolute Gasteiger partial charge is 0.398 e. The number of nitro groups is 1. The zero-order valence-corrected chi connectivity index (χ0v) is 13.8. The van der Waals surface area contributed by atoms with Crippen LogP contribution < -0.4 is 11.5 Å². The maximum absolute atomic E-state index is 11.7. The normalized spacial score (nSPS) is 11.4. The highest BCUT2D eigenvalue weighted by Crippen LogP contribution is 2.16. The quantitative estimate of drug-likeness (QED) is 0.199. The summed E-state index contributed by atoms with van der Waals surface area (Å²) in [6.45, 7) is 3.42. The Labute approximate surface area is 143 Å². The Balaban J connectivity index is 1.95. The second-order valence-corrected chi connectivity index (χ2v) is 5.33. The molecule has 0 radical (unpaired) electrons. The summed E-state index contributed by atoms with van der Waals surface area (Å²) in [6, 6.07) is 5.15. The van der Waals surface area contributed by atoms with Crippen molar-refractivity contribution in [1.29, 1.82) is 0 Å². The van der Waals surface area contributed by atoms with E-state index >= 15 is 0 Å². The van der Waals surface area contributed by atoms with E-state index in [-0.39, 0.29) is 30.2 Å². The third-order valence-electron chi connectivity index (χ3n) is 3.56. The predicted molar refractivity (Wildman–Crippen MR) is 90.6 cm³/mol. The van der Waals surface area contributed by atoms with Crippen LogP contribution in [0.1, 0.15) is 23.2 Å². The number of carbonyl (C=O) groups excluding carboxylic acids is 1. The van der Waals surface area contributed by atoms with Gasteiger partial charge in [-0.2, -0.15) is 5.10 Å². The SMILES string of the molecule is Cc1nn(CCC(=O)O/N=C(\N)c2cccc(N)c2C)cc1[N+](=O)[O-]. The van der Waals surface area contributed by atoms with Crippen molar-refractivity contribution in [3.8, 4) is 0 Å². The van der Waals surface area contributed by atoms with Crippen LogP contribution in [0.2, 0.25) is 0 Å². The second-order valence-electron chi connectivity index (χ2n) is 5.33. The lowest BCUT2D eigenvalue weighted by Gasteiger charge is -2.07. The van der Waals surface area contributed by atoms with Crippen molar-refractivity contribution in [3.63, 3.8) is 0 Å². The van der Waals surface area contributed by atoms with Crippen LogP contribution in [0.25, 0.3) is 0 Å². The molecule has 1 aromatic carbocycles. The number of aromatic nitrogens is 2. The highest BCUT2D eigenvalue weighted by atomic mass is 16.7. The van der Waals surface area contributed by atoms with Gasteiger partial charge in [-0.1, -0.05) is 17.3 Å². The second kappa shape index (κ2) is 7.43. The van der Waals surface area contributed by atoms with E-state index in [1.807, 2.05) is 0 Å². The number of hydrogen-bond acceptors (Lipinski definition) is 7. The number of carbonyl (C=O) groups is 1. The highest BCUT2D eigenvalue weighted by molar-refractivity contribution is 5.99. The van der Waals surface area contributed by atoms with Gasteiger partial charge in [0.05, 0.1) is 17.9 Å². The fraction of sp³-hybridized carbons (Fsp3) is 0.267. The first-order valence-corrected chi connectivity index (χ1v) is 7.36. The molecule has 0 unspecified atom stereocenters. The molecule has 0 bridgehead atoms. The lowest BCUT2D eigenvalue weighted by Crippen LogP contribution is -2.17. The van der Waals surface area contributed by atoms with Crippen molar-refractivity contribution in [1.82, 2.24) is 9.78 Å². The molecule has 0 saturated heterocycles. The van der Waals surface area contributed by atoms with Gasteiger partial charge in [0.15, 0.2) is 5.84 Å². The zero-order valence-electron chi connectivity index (χ0n) is 13.8. The molecule has 0 aliphatic carbocycles. The smallest absolute Gasteiger partial charge is 0.336 e. The van der Waals surface area contributed by atoms with Gasteiger partial charge in [0.25, 0.3) is 0 Å². The summed E-state index contributed by atoms with van der Waals surface area (Å²) in [5.74, 6) is -0.607. The summed E-state index contributed by atoms with van der Waals surface area (Å²) in [4.78, 5) is 26.7. The Kier molecular flexibility index (Phi) is 5.32. The predicted octanol–water partition coefficient (Wildman–Crippen LogP) is 1.24. The molecule has 25 heavy (non-hydrogen) atoms. The van der Waals surface area contributed by atoms with Crippen LogP contribution in [0.5, 0.6) is 0 Å². The van der Waals surface area contributed by atoms with E-state index < -0.39 is 10.9 Å². The van der Waals surface area contributed by atoms with Crippen molar-refractivity contribution in [2.24, 2.45) is 10.9 Å². The Morgan fingerprint density at radius 2 is 2.16 bits per heavy atom. The topological polar surface area (TPSA) is 152 Å². The minimum absolute atomic E-state index is 0.0312. The molecule has 1 aromatic heterocycles. The number of rotatable bonds is 6. The molecule has 0 fully saturated rings. The average molecular weight is 346 g/mol. The molecule has 4 N–H and O–H groups in total. The van der Waals surface area contributed by atoms with Crippen LogP contribution in [-0.4, -0.2) is 26.5 Å². The average Bonchev–Trinajstić information content (AvgIpc) is 2.94. The van der Waals surface area contributed by atoms with E-state index in [9.17, 15) is 14.9 Å². The number of oxime groups is 1. The van der Waals surface area contributed by atoms with Crippen molar-refractivity contribution in [3.05, 3.63) is 51.3 Å². The lowest BCUT2D eigenvalue weighted by atomic mass is 10.1. The molecule has 2 rings (SSSR count). The molecule has 2 aromatic rings. The van der Waals surface area contributed by atoms with E-state index in [1.54, 1.807) is 25.1 Å². The molecule has 0 amide bonds. The Bertz CT molecular complexity index is 843. The number of anilines is 1. The number of nitrogens with two attached hydrogens (primary N) is 2. The molecule has 0 aliphatic rings. The van der Waals surface area contributed by atoms with Crippen LogP contribution in [-0.2, 0) is 16.2 Å². The van der Waals surface area contributed by atoms with Gasteiger partial charge in [-0.05, 0) is 25.5 Å². The van der Waals surface area contributed by atoms with E-state index in [4.69, 9.17) is 16.3 Å². The minimum atomic E-state index is -0.639. The third kappa shape index (κ3) is 4.31. The number of nitrogen functional groups attached to an aromatic ring is 1. The monoisotopic (exact) mass is 346 g/mol. The van der Waals surface area contributed by atoms with E-state index in [0.29, 0.717) is 11.3 Å². The molecule has 0 aliphatic heterocycles. The first kappa shape index (κ1) is 17.9. The molecular formula is C15H18N6O4. The van der Waals surface area contributed by atoms with Crippen molar-refractivity contribution in [2.75, 3.05) is 5.73 Å². The first-order chi connectivity index (χ1) is 11.8. The molecule has 10 heteroatoms. The summed E-state index contributed by atoms with van der Waals surface area (Å²) in [5.41, 5.74) is 13.6. The standard InChI is InChI=1S/C15H18N6O4/c1-9-11(4-3-5-12(9)16)15(17)19-25-14(22)6-7-20-8-13(21(23)24)10(2)18-20/h3-5,8H,6-7,16H2,1-2H3,(H2,17,19). The van der Waals surface area contributed by atoms with Crippen LogP contribution in [0, 0.1) is 24.0 Å². The highest BCUT2D eigenvalue weighted by Gasteiger charge is 2.16. The molecule has 132 valence electrons. The minimum Gasteiger partial charge on any atom is -0.398 e. The number of hydrogen-bond donors (Lipinski definition) is 2. The Morgan fingerprint density at radius 3 is 2.80 bits per heavy atom. The fourth-order valence-corrected chi connectivity index (χ4v) is 2.13. The summed E-state index contributed by atoms with van der Waals surface area (Å²) in [6.07, 6.45) is 1.20. The summed E-state index contributed by atoms with van der Waals surface area (Å²) in [5, 5.41) is 18.3. The van der Waals surface area contributed by atoms with Crippen LogP contribution >= 0.6 is 0 Å². The fourth-order valence-electron chi connectivity index (χ4n) is 2.13. The van der Waals surface area contributed by atoms with E-state index in [0.717, 1.165) is 5.56 Å². The lowest BCUT2D eigenvalue weighted by molar-refractivity contribution is -0.385. The van der Waals surface area contributed by atoms with Gasteiger partial charge in [-0.15, -0.1) is 0 Å². The number of amidine groups is 1. The van der Waals surface area contributed by atoms with Gasteiger partial charge >= 0.3 is 11.7 Å². The molecule has 10 nitrogen and oxygen atoms in total. The molecule has 0 saturated carbocycles. The summed E-state index contributed by atoms with van der Waals surface area (Å²) < 4.78 is 1.31. The van der Waals surface area contributed by atoms with E-state index in [2.05, 4.69) is 10.3 Å².